The number of nitrogens with one attached hydrogen (secondary N) is 1. The molecule has 0 aromatic heterocycles. The third-order valence-corrected chi connectivity index (χ3v) is 4.85. The van der Waals surface area contributed by atoms with E-state index in [1.54, 1.807) is 0 Å². The van der Waals surface area contributed by atoms with Crippen molar-refractivity contribution in [3.8, 4) is 0 Å². The van der Waals surface area contributed by atoms with Gasteiger partial charge in [0.2, 0.25) is 0 Å². The fraction of sp³-hybridized carbons (Fsp3) is 0.250. The van der Waals surface area contributed by atoms with Crippen molar-refractivity contribution >= 4 is 23.4 Å². The van der Waals surface area contributed by atoms with Crippen LogP contribution < -0.4 is 5.32 Å². The zero-order valence-corrected chi connectivity index (χ0v) is 12.2. The minimum atomic E-state index is 0.494. The van der Waals surface area contributed by atoms with Crippen LogP contribution in [-0.2, 0) is 6.42 Å². The number of fused-ring (bicyclic) bond motifs is 1. The molecule has 0 amide bonds. The van der Waals surface area contributed by atoms with Crippen LogP contribution in [0, 0.1) is 0 Å². The lowest BCUT2D eigenvalue weighted by Crippen LogP contribution is -2.23. The van der Waals surface area contributed by atoms with Gasteiger partial charge in [-0.1, -0.05) is 41.9 Å². The molecule has 1 heterocycles. The molecule has 1 nitrogen and oxygen atoms in total. The average molecular weight is 290 g/mol. The molecule has 2 aromatic rings. The Kier molecular flexibility index (Phi) is 4.12. The van der Waals surface area contributed by atoms with Crippen LogP contribution in [0.3, 0.4) is 0 Å². The summed E-state index contributed by atoms with van der Waals surface area (Å²) in [5.74, 6) is 1.14. The van der Waals surface area contributed by atoms with Crippen LogP contribution in [0.15, 0.2) is 53.4 Å². The van der Waals surface area contributed by atoms with E-state index in [9.17, 15) is 0 Å². The monoisotopic (exact) mass is 289 g/mol. The molecule has 0 spiro atoms. The van der Waals surface area contributed by atoms with Gasteiger partial charge in [-0.05, 0) is 42.3 Å². The van der Waals surface area contributed by atoms with Crippen molar-refractivity contribution in [3.63, 3.8) is 0 Å². The Bertz CT molecular complexity index is 553. The molecule has 0 fully saturated rings. The maximum absolute atomic E-state index is 5.89. The Morgan fingerprint density at radius 3 is 2.74 bits per heavy atom. The van der Waals surface area contributed by atoms with E-state index in [1.165, 1.54) is 16.0 Å². The fourth-order valence-electron chi connectivity index (χ4n) is 2.37. The Morgan fingerprint density at radius 2 is 1.89 bits per heavy atom. The highest BCUT2D eigenvalue weighted by Gasteiger charge is 2.21. The Balaban J connectivity index is 1.55. The topological polar surface area (TPSA) is 12.0 Å². The molecule has 1 aliphatic heterocycles. The van der Waals surface area contributed by atoms with Crippen LogP contribution in [0.2, 0.25) is 5.02 Å². The molecular weight excluding hydrogens is 274 g/mol. The molecule has 3 heteroatoms. The lowest BCUT2D eigenvalue weighted by molar-refractivity contribution is 0.585. The molecule has 19 heavy (non-hydrogen) atoms. The molecule has 0 radical (unpaired) electrons. The largest absolute Gasteiger partial charge is 0.309 e. The quantitative estimate of drug-likeness (QED) is 0.900. The molecule has 0 saturated heterocycles. The number of hydrogen-bond acceptors (Lipinski definition) is 2. The zero-order chi connectivity index (χ0) is 13.1. The molecule has 1 unspecified atom stereocenters. The van der Waals surface area contributed by atoms with Gasteiger partial charge in [0.1, 0.15) is 0 Å². The number of rotatable bonds is 4. The first-order valence-electron chi connectivity index (χ1n) is 6.52. The summed E-state index contributed by atoms with van der Waals surface area (Å²) in [6.07, 6.45) is 1.04. The second kappa shape index (κ2) is 6.00. The van der Waals surface area contributed by atoms with Crippen molar-refractivity contribution in [2.24, 2.45) is 0 Å². The van der Waals surface area contributed by atoms with Gasteiger partial charge in [-0.3, -0.25) is 0 Å². The van der Waals surface area contributed by atoms with Crippen LogP contribution in [0.25, 0.3) is 0 Å². The summed E-state index contributed by atoms with van der Waals surface area (Å²) in [5.41, 5.74) is 2.78. The third kappa shape index (κ3) is 3.14. The standard InChI is InChI=1S/C16H16ClNS/c17-13-7-5-12(6-8-13)9-10-18-15-11-19-16-4-2-1-3-14(15)16/h1-8,15,18H,9-11H2. The molecule has 98 valence electrons. The number of hydrogen-bond donors (Lipinski definition) is 1. The van der Waals surface area contributed by atoms with Crippen LogP contribution >= 0.6 is 23.4 Å². The van der Waals surface area contributed by atoms with Gasteiger partial charge >= 0.3 is 0 Å². The van der Waals surface area contributed by atoms with Crippen molar-refractivity contribution in [1.29, 1.82) is 0 Å². The molecule has 0 aliphatic carbocycles. The predicted molar refractivity (Wildman–Crippen MR) is 83.1 cm³/mol. The van der Waals surface area contributed by atoms with Crippen molar-refractivity contribution in [2.45, 2.75) is 17.4 Å². The lowest BCUT2D eigenvalue weighted by atomic mass is 10.1. The maximum atomic E-state index is 5.89. The second-order valence-electron chi connectivity index (χ2n) is 4.73. The first kappa shape index (κ1) is 13.0. The summed E-state index contributed by atoms with van der Waals surface area (Å²) >= 11 is 7.83. The summed E-state index contributed by atoms with van der Waals surface area (Å²) < 4.78 is 0. The minimum Gasteiger partial charge on any atom is -0.309 e. The maximum Gasteiger partial charge on any atom is 0.0426 e. The van der Waals surface area contributed by atoms with Gasteiger partial charge in [0.25, 0.3) is 0 Å². The van der Waals surface area contributed by atoms with E-state index in [4.69, 9.17) is 11.6 Å². The van der Waals surface area contributed by atoms with Crippen molar-refractivity contribution in [2.75, 3.05) is 12.3 Å². The first-order chi connectivity index (χ1) is 9.33. The SMILES string of the molecule is Clc1ccc(CCNC2CSc3ccccc32)cc1. The van der Waals surface area contributed by atoms with E-state index in [0.717, 1.165) is 23.7 Å². The summed E-state index contributed by atoms with van der Waals surface area (Å²) in [6.45, 7) is 1.00. The fourth-order valence-corrected chi connectivity index (χ4v) is 3.69. The third-order valence-electron chi connectivity index (χ3n) is 3.42. The zero-order valence-electron chi connectivity index (χ0n) is 10.6. The van der Waals surface area contributed by atoms with Crippen molar-refractivity contribution < 1.29 is 0 Å². The molecule has 0 saturated carbocycles. The van der Waals surface area contributed by atoms with Gasteiger partial charge in [-0.15, -0.1) is 11.8 Å². The molecular formula is C16H16ClNS. The lowest BCUT2D eigenvalue weighted by Gasteiger charge is -2.13. The Labute approximate surface area is 123 Å². The summed E-state index contributed by atoms with van der Waals surface area (Å²) in [7, 11) is 0. The van der Waals surface area contributed by atoms with Crippen molar-refractivity contribution in [3.05, 3.63) is 64.7 Å². The number of benzene rings is 2. The van der Waals surface area contributed by atoms with Gasteiger partial charge in [-0.25, -0.2) is 0 Å². The molecule has 1 aliphatic rings. The molecule has 3 rings (SSSR count). The molecule has 1 atom stereocenters. The normalized spacial score (nSPS) is 17.4. The smallest absolute Gasteiger partial charge is 0.0426 e. The van der Waals surface area contributed by atoms with E-state index in [2.05, 4.69) is 41.7 Å². The summed E-state index contributed by atoms with van der Waals surface area (Å²) in [6, 6.07) is 17.3. The summed E-state index contributed by atoms with van der Waals surface area (Å²) in [5, 5.41) is 4.45. The highest BCUT2D eigenvalue weighted by atomic mass is 35.5. The van der Waals surface area contributed by atoms with Crippen LogP contribution in [0.4, 0.5) is 0 Å². The Hall–Kier alpha value is -0.960. The predicted octanol–water partition coefficient (Wildman–Crippen LogP) is 4.32. The van der Waals surface area contributed by atoms with Crippen molar-refractivity contribution in [1.82, 2.24) is 5.32 Å². The highest BCUT2D eigenvalue weighted by molar-refractivity contribution is 7.99. The Morgan fingerprint density at radius 1 is 1.11 bits per heavy atom. The van der Waals surface area contributed by atoms with Gasteiger partial charge in [0.05, 0.1) is 0 Å². The first-order valence-corrected chi connectivity index (χ1v) is 7.89. The minimum absolute atomic E-state index is 0.494. The molecule has 1 N–H and O–H groups in total. The summed E-state index contributed by atoms with van der Waals surface area (Å²) in [4.78, 5) is 1.42. The van der Waals surface area contributed by atoms with Gasteiger partial charge in [-0.2, -0.15) is 0 Å². The van der Waals surface area contributed by atoms with Gasteiger partial charge in [0, 0.05) is 21.7 Å². The molecule has 0 bridgehead atoms. The van der Waals surface area contributed by atoms with E-state index >= 15 is 0 Å². The van der Waals surface area contributed by atoms with E-state index in [1.807, 2.05) is 23.9 Å². The second-order valence-corrected chi connectivity index (χ2v) is 6.23. The van der Waals surface area contributed by atoms with E-state index in [0.29, 0.717) is 6.04 Å². The number of halogens is 1. The van der Waals surface area contributed by atoms with E-state index < -0.39 is 0 Å². The molecule has 2 aromatic carbocycles. The average Bonchev–Trinajstić information content (AvgIpc) is 2.85. The van der Waals surface area contributed by atoms with Crippen LogP contribution in [0.5, 0.6) is 0 Å². The van der Waals surface area contributed by atoms with Crippen LogP contribution in [0.1, 0.15) is 17.2 Å². The number of thioether (sulfide) groups is 1. The van der Waals surface area contributed by atoms with Crippen LogP contribution in [-0.4, -0.2) is 12.3 Å². The highest BCUT2D eigenvalue weighted by Crippen LogP contribution is 2.37. The van der Waals surface area contributed by atoms with Gasteiger partial charge < -0.3 is 5.32 Å². The van der Waals surface area contributed by atoms with Gasteiger partial charge in [0.15, 0.2) is 0 Å². The van der Waals surface area contributed by atoms with E-state index in [-0.39, 0.29) is 0 Å².